The number of likely N-dealkylation sites (N-methyl/N-ethyl adjacent to an activating group) is 1. The first kappa shape index (κ1) is 28.5. The average molecular weight is 550 g/mol. The summed E-state index contributed by atoms with van der Waals surface area (Å²) in [5, 5.41) is 44.4. The van der Waals surface area contributed by atoms with Crippen LogP contribution in [-0.4, -0.2) is 74.3 Å². The number of allylic oxidation sites excluding steroid dienone is 6. The summed E-state index contributed by atoms with van der Waals surface area (Å²) in [6, 6.07) is 1.47. The van der Waals surface area contributed by atoms with E-state index in [4.69, 9.17) is 11.5 Å². The lowest BCUT2D eigenvalue weighted by molar-refractivity contribution is -0.148. The molecular weight excluding hydrogens is 518 g/mol. The molecule has 11 nitrogen and oxygen atoms in total. The van der Waals surface area contributed by atoms with Crippen molar-refractivity contribution in [3.63, 3.8) is 0 Å². The summed E-state index contributed by atoms with van der Waals surface area (Å²) in [5.74, 6) is -7.90. The molecule has 0 bridgehead atoms. The Morgan fingerprint density at radius 1 is 1.15 bits per heavy atom. The summed E-state index contributed by atoms with van der Waals surface area (Å²) in [4.78, 5) is 53.8. The minimum atomic E-state index is -2.73. The average Bonchev–Trinajstić information content (AvgIpc) is 2.86. The van der Waals surface area contributed by atoms with E-state index in [0.29, 0.717) is 0 Å². The first-order chi connectivity index (χ1) is 18.8. The predicted octanol–water partition coefficient (Wildman–Crippen LogP) is 1.28. The Morgan fingerprint density at radius 3 is 2.42 bits per heavy atom. The van der Waals surface area contributed by atoms with Gasteiger partial charge in [-0.25, -0.2) is 0 Å². The quantitative estimate of drug-likeness (QED) is 0.163. The van der Waals surface area contributed by atoms with Crippen LogP contribution in [0.25, 0.3) is 0 Å². The number of Topliss-reactive ketones (excluding diaryl/α,β-unsaturated/α-hetero) is 3. The molecule has 4 rings (SSSR count). The molecule has 0 fully saturated rings. The minimum absolute atomic E-state index is 0.00397. The summed E-state index contributed by atoms with van der Waals surface area (Å²) in [7, 11) is 3.09. The molecule has 1 aromatic rings. The van der Waals surface area contributed by atoms with Gasteiger partial charge < -0.3 is 31.9 Å². The highest BCUT2D eigenvalue weighted by Crippen LogP contribution is 2.52. The van der Waals surface area contributed by atoms with Crippen molar-refractivity contribution in [3.05, 3.63) is 88.1 Å². The van der Waals surface area contributed by atoms with Gasteiger partial charge in [-0.2, -0.15) is 0 Å². The molecule has 3 aliphatic rings. The van der Waals surface area contributed by atoms with Crippen LogP contribution in [-0.2, 0) is 16.0 Å². The zero-order valence-corrected chi connectivity index (χ0v) is 22.0. The van der Waals surface area contributed by atoms with Crippen molar-refractivity contribution in [2.45, 2.75) is 30.9 Å². The fourth-order valence-electron chi connectivity index (χ4n) is 6.11. The molecule has 0 saturated heterocycles. The van der Waals surface area contributed by atoms with Crippen molar-refractivity contribution in [2.24, 2.45) is 23.3 Å². The Kier molecular flexibility index (Phi) is 7.31. The molecule has 0 unspecified atom stereocenters. The Balaban J connectivity index is 1.85. The van der Waals surface area contributed by atoms with Crippen molar-refractivity contribution in [1.82, 2.24) is 4.90 Å². The molecule has 0 heterocycles. The molecule has 0 radical (unpaired) electrons. The van der Waals surface area contributed by atoms with E-state index in [0.717, 1.165) is 0 Å². The second kappa shape index (κ2) is 10.2. The van der Waals surface area contributed by atoms with E-state index in [1.807, 2.05) is 0 Å². The van der Waals surface area contributed by atoms with E-state index in [1.54, 1.807) is 38.4 Å². The molecule has 0 spiro atoms. The Morgan fingerprint density at radius 2 is 1.82 bits per heavy atom. The number of nitrogens with zero attached hydrogens (tertiary/aromatic N) is 1. The van der Waals surface area contributed by atoms with E-state index < -0.39 is 69.6 Å². The molecule has 1 aromatic carbocycles. The largest absolute Gasteiger partial charge is 0.510 e. The summed E-state index contributed by atoms with van der Waals surface area (Å²) in [5.41, 5.74) is 7.83. The van der Waals surface area contributed by atoms with Crippen LogP contribution >= 0.6 is 0 Å². The number of aliphatic hydroxyl groups excluding tert-OH is 2. The maximum atomic E-state index is 13.7. The van der Waals surface area contributed by atoms with Crippen LogP contribution in [0.2, 0.25) is 0 Å². The van der Waals surface area contributed by atoms with Crippen LogP contribution in [0.1, 0.15) is 39.1 Å². The van der Waals surface area contributed by atoms with Gasteiger partial charge in [-0.1, -0.05) is 24.8 Å². The van der Waals surface area contributed by atoms with E-state index in [-0.39, 0.29) is 47.2 Å². The normalized spacial score (nSPS) is 26.6. The van der Waals surface area contributed by atoms with Gasteiger partial charge in [0, 0.05) is 22.8 Å². The van der Waals surface area contributed by atoms with Crippen molar-refractivity contribution in [2.75, 3.05) is 14.1 Å². The highest BCUT2D eigenvalue weighted by Gasteiger charge is 2.63. The Hall–Kier alpha value is -4.48. The highest BCUT2D eigenvalue weighted by molar-refractivity contribution is 6.25. The maximum Gasteiger partial charge on any atom is 0.255 e. The van der Waals surface area contributed by atoms with E-state index in [9.17, 15) is 39.6 Å². The van der Waals surface area contributed by atoms with E-state index in [1.165, 1.54) is 17.0 Å². The lowest BCUT2D eigenvalue weighted by Crippen LogP contribution is -2.63. The zero-order chi connectivity index (χ0) is 29.7. The second-order valence-corrected chi connectivity index (χ2v) is 10.4. The molecule has 40 heavy (non-hydrogen) atoms. The fourth-order valence-corrected chi connectivity index (χ4v) is 6.11. The van der Waals surface area contributed by atoms with Gasteiger partial charge in [0.15, 0.2) is 17.2 Å². The smallest absolute Gasteiger partial charge is 0.255 e. The Labute approximate surface area is 230 Å². The van der Waals surface area contributed by atoms with Gasteiger partial charge in [0.05, 0.1) is 18.0 Å². The molecule has 1 amide bonds. The summed E-state index contributed by atoms with van der Waals surface area (Å²) < 4.78 is 0. The van der Waals surface area contributed by atoms with Crippen molar-refractivity contribution < 1.29 is 39.6 Å². The fraction of sp³-hybridized carbons (Fsp3) is 0.310. The summed E-state index contributed by atoms with van der Waals surface area (Å²) >= 11 is 0. The van der Waals surface area contributed by atoms with Gasteiger partial charge in [-0.05, 0) is 56.6 Å². The predicted molar refractivity (Wildman–Crippen MR) is 144 cm³/mol. The van der Waals surface area contributed by atoms with Crippen LogP contribution in [0.5, 0.6) is 5.75 Å². The van der Waals surface area contributed by atoms with Crippen molar-refractivity contribution in [3.8, 4) is 5.75 Å². The first-order valence-electron chi connectivity index (χ1n) is 12.5. The van der Waals surface area contributed by atoms with Crippen LogP contribution < -0.4 is 11.5 Å². The number of benzene rings is 1. The van der Waals surface area contributed by atoms with Gasteiger partial charge >= 0.3 is 0 Å². The van der Waals surface area contributed by atoms with Crippen molar-refractivity contribution >= 4 is 23.3 Å². The number of hydrogen-bond donors (Lipinski definition) is 6. The molecule has 0 aliphatic heterocycles. The molecule has 0 aromatic heterocycles. The lowest BCUT2D eigenvalue weighted by Gasteiger charge is -2.50. The number of fused-ring (bicyclic) bond motifs is 3. The molecular formula is C29H31N3O8. The van der Waals surface area contributed by atoms with E-state index >= 15 is 0 Å². The van der Waals surface area contributed by atoms with Gasteiger partial charge in [-0.3, -0.25) is 24.1 Å². The second-order valence-electron chi connectivity index (χ2n) is 10.4. The molecule has 0 saturated carbocycles. The van der Waals surface area contributed by atoms with Gasteiger partial charge in [0.1, 0.15) is 22.8 Å². The number of phenolic OH excluding ortho intramolecular Hbond substituents is 1. The number of amides is 1. The Bertz CT molecular complexity index is 1480. The van der Waals surface area contributed by atoms with Gasteiger partial charge in [-0.15, -0.1) is 0 Å². The number of carbonyl (C=O) groups is 4. The maximum absolute atomic E-state index is 13.7. The number of rotatable bonds is 7. The topological polar surface area (TPSA) is 204 Å². The molecule has 8 N–H and O–H groups in total. The molecule has 4 atom stereocenters. The monoisotopic (exact) mass is 549 g/mol. The highest BCUT2D eigenvalue weighted by atomic mass is 16.3. The van der Waals surface area contributed by atoms with Crippen LogP contribution in [0.15, 0.2) is 71.4 Å². The lowest BCUT2D eigenvalue weighted by atomic mass is 9.58. The molecule has 11 heteroatoms. The third-order valence-corrected chi connectivity index (χ3v) is 7.83. The van der Waals surface area contributed by atoms with Crippen LogP contribution in [0.3, 0.4) is 0 Å². The van der Waals surface area contributed by atoms with Crippen LogP contribution in [0, 0.1) is 11.8 Å². The number of aliphatic hydroxyl groups is 3. The first-order valence-corrected chi connectivity index (χ1v) is 12.5. The number of aromatic hydroxyl groups is 1. The van der Waals surface area contributed by atoms with Gasteiger partial charge in [0.2, 0.25) is 5.78 Å². The number of nitrogens with two attached hydrogens (primary N) is 2. The number of carbonyl (C=O) groups excluding carboxylic acids is 4. The van der Waals surface area contributed by atoms with Crippen molar-refractivity contribution in [1.29, 1.82) is 0 Å². The zero-order valence-electron chi connectivity index (χ0n) is 22.0. The summed E-state index contributed by atoms with van der Waals surface area (Å²) in [6.07, 6.45) is 6.10. The number of hydrogen-bond acceptors (Lipinski definition) is 10. The number of ketones is 3. The molecule has 3 aliphatic carbocycles. The standard InChI is InChI=1S/C29H31N3O8/c1-4-5-6-7-14(30)12-19(34)15-8-9-18(33)21-16(15)10-13-11-17-23(32(2)3)25(36)22(28(31)39)27(38)29(17,40)26(37)20(13)24(21)35/h4-9,13,17,23,33,36-37,40H,1,10-12,30H2,2-3H3,(H2,31,39)/b6-5-,14-7-/t13-,17-,23-,29-/m0/s1. The third kappa shape index (κ3) is 4.23. The summed E-state index contributed by atoms with van der Waals surface area (Å²) in [6.45, 7) is 3.56. The van der Waals surface area contributed by atoms with Gasteiger partial charge in [0.25, 0.3) is 5.91 Å². The molecule has 210 valence electrons. The number of phenols is 1. The van der Waals surface area contributed by atoms with E-state index in [2.05, 4.69) is 6.58 Å². The SMILES string of the molecule is C=C/C=C\C=C(/N)CC(=O)c1ccc(O)c2c1C[C@H]1C[C@H]3[C@H](N(C)C)C(O)=C(C(N)=O)C(=O)[C@@]3(O)C(O)=C1C2=O. The van der Waals surface area contributed by atoms with Crippen LogP contribution in [0.4, 0.5) is 0 Å². The minimum Gasteiger partial charge on any atom is -0.510 e. The third-order valence-electron chi connectivity index (χ3n) is 7.83. The number of primary amides is 1.